The number of para-hydroxylation sites is 1. The van der Waals surface area contributed by atoms with Crippen molar-refractivity contribution in [2.75, 3.05) is 13.7 Å². The fourth-order valence-electron chi connectivity index (χ4n) is 2.96. The third kappa shape index (κ3) is 3.51. The van der Waals surface area contributed by atoms with E-state index in [-0.39, 0.29) is 12.5 Å². The summed E-state index contributed by atoms with van der Waals surface area (Å²) in [6.07, 6.45) is -0.769. The number of rotatable bonds is 6. The van der Waals surface area contributed by atoms with E-state index in [1.54, 1.807) is 31.4 Å². The molecule has 1 heterocycles. The summed E-state index contributed by atoms with van der Waals surface area (Å²) in [5, 5.41) is 14.1. The van der Waals surface area contributed by atoms with E-state index in [1.807, 2.05) is 41.8 Å². The van der Waals surface area contributed by atoms with E-state index in [9.17, 15) is 9.90 Å². The Morgan fingerprint density at radius 1 is 1.20 bits per heavy atom. The second-order valence-electron chi connectivity index (χ2n) is 5.83. The smallest absolute Gasteiger partial charge is 0.268 e. The summed E-state index contributed by atoms with van der Waals surface area (Å²) >= 11 is 0. The summed E-state index contributed by atoms with van der Waals surface area (Å²) in [5.41, 5.74) is 2.37. The van der Waals surface area contributed by atoms with Crippen molar-refractivity contribution in [3.05, 3.63) is 65.9 Å². The lowest BCUT2D eigenvalue weighted by Crippen LogP contribution is -2.30. The zero-order chi connectivity index (χ0) is 17.8. The van der Waals surface area contributed by atoms with Crippen LogP contribution in [0, 0.1) is 0 Å². The monoisotopic (exact) mass is 338 g/mol. The van der Waals surface area contributed by atoms with Gasteiger partial charge in [-0.05, 0) is 36.8 Å². The quantitative estimate of drug-likeness (QED) is 0.726. The fraction of sp³-hybridized carbons (Fsp3) is 0.250. The summed E-state index contributed by atoms with van der Waals surface area (Å²) in [7, 11) is 1.60. The van der Waals surface area contributed by atoms with Gasteiger partial charge in [0.2, 0.25) is 0 Å². The maximum atomic E-state index is 12.6. The molecule has 0 saturated heterocycles. The molecule has 3 rings (SSSR count). The van der Waals surface area contributed by atoms with Gasteiger partial charge in [0.05, 0.1) is 13.2 Å². The molecule has 0 bridgehead atoms. The number of benzene rings is 2. The number of aliphatic hydroxyl groups is 1. The molecule has 25 heavy (non-hydrogen) atoms. The van der Waals surface area contributed by atoms with Crippen LogP contribution in [0.15, 0.2) is 54.6 Å². The van der Waals surface area contributed by atoms with Gasteiger partial charge in [0.1, 0.15) is 11.4 Å². The molecule has 3 aromatic rings. The summed E-state index contributed by atoms with van der Waals surface area (Å²) in [4.78, 5) is 12.6. The Kier molecular flexibility index (Phi) is 5.05. The Morgan fingerprint density at radius 3 is 2.60 bits per heavy atom. The molecule has 0 unspecified atom stereocenters. The molecule has 0 saturated carbocycles. The number of hydrogen-bond acceptors (Lipinski definition) is 3. The third-order valence-electron chi connectivity index (χ3n) is 4.32. The number of amides is 1. The second kappa shape index (κ2) is 7.40. The van der Waals surface area contributed by atoms with Crippen LogP contribution in [0.3, 0.4) is 0 Å². The summed E-state index contributed by atoms with van der Waals surface area (Å²) in [6, 6.07) is 16.9. The summed E-state index contributed by atoms with van der Waals surface area (Å²) in [6.45, 7) is 2.86. The lowest BCUT2D eigenvalue weighted by Gasteiger charge is -2.14. The van der Waals surface area contributed by atoms with Crippen LogP contribution in [0.2, 0.25) is 0 Å². The van der Waals surface area contributed by atoms with E-state index in [0.717, 1.165) is 22.2 Å². The van der Waals surface area contributed by atoms with E-state index in [4.69, 9.17) is 4.74 Å². The number of fused-ring (bicyclic) bond motifs is 1. The average Bonchev–Trinajstić information content (AvgIpc) is 3.04. The number of hydrogen-bond donors (Lipinski definition) is 2. The highest BCUT2D eigenvalue weighted by Crippen LogP contribution is 2.20. The number of methoxy groups -OCH3 is 1. The van der Waals surface area contributed by atoms with Crippen molar-refractivity contribution in [2.24, 2.45) is 0 Å². The minimum Gasteiger partial charge on any atom is -0.497 e. The third-order valence-corrected chi connectivity index (χ3v) is 4.32. The number of aryl methyl sites for hydroxylation is 1. The first-order valence-corrected chi connectivity index (χ1v) is 8.32. The van der Waals surface area contributed by atoms with Crippen molar-refractivity contribution >= 4 is 16.8 Å². The fourth-order valence-corrected chi connectivity index (χ4v) is 2.96. The van der Waals surface area contributed by atoms with Crippen LogP contribution in [0.25, 0.3) is 10.9 Å². The van der Waals surface area contributed by atoms with Crippen LogP contribution in [-0.4, -0.2) is 29.2 Å². The zero-order valence-corrected chi connectivity index (χ0v) is 14.4. The van der Waals surface area contributed by atoms with E-state index in [2.05, 4.69) is 5.32 Å². The van der Waals surface area contributed by atoms with E-state index in [0.29, 0.717) is 12.2 Å². The number of nitrogens with zero attached hydrogens (tertiary/aromatic N) is 1. The van der Waals surface area contributed by atoms with Crippen molar-refractivity contribution in [1.29, 1.82) is 0 Å². The van der Waals surface area contributed by atoms with E-state index >= 15 is 0 Å². The predicted molar refractivity (Wildman–Crippen MR) is 97.9 cm³/mol. The molecule has 0 aliphatic carbocycles. The Labute approximate surface area is 146 Å². The maximum Gasteiger partial charge on any atom is 0.268 e. The molecule has 0 fully saturated rings. The number of nitrogens with one attached hydrogen (secondary N) is 1. The first kappa shape index (κ1) is 17.0. The predicted octanol–water partition coefficient (Wildman–Crippen LogP) is 3.13. The van der Waals surface area contributed by atoms with Gasteiger partial charge in [0.25, 0.3) is 5.91 Å². The highest BCUT2D eigenvalue weighted by Gasteiger charge is 2.16. The molecule has 1 amide bonds. The molecular formula is C20H22N2O3. The van der Waals surface area contributed by atoms with Crippen LogP contribution < -0.4 is 10.1 Å². The minimum atomic E-state index is -0.769. The highest BCUT2D eigenvalue weighted by atomic mass is 16.5. The van der Waals surface area contributed by atoms with Crippen LogP contribution >= 0.6 is 0 Å². The number of aromatic nitrogens is 1. The molecule has 130 valence electrons. The first-order chi connectivity index (χ1) is 12.1. The molecule has 5 nitrogen and oxygen atoms in total. The van der Waals surface area contributed by atoms with Gasteiger partial charge in [-0.1, -0.05) is 30.3 Å². The number of aliphatic hydroxyl groups excluding tert-OH is 1. The van der Waals surface area contributed by atoms with Gasteiger partial charge in [-0.2, -0.15) is 0 Å². The van der Waals surface area contributed by atoms with Gasteiger partial charge in [0.15, 0.2) is 0 Å². The van der Waals surface area contributed by atoms with Crippen LogP contribution in [0.4, 0.5) is 0 Å². The molecule has 0 aliphatic heterocycles. The van der Waals surface area contributed by atoms with Crippen LogP contribution in [0.5, 0.6) is 5.75 Å². The van der Waals surface area contributed by atoms with Gasteiger partial charge in [-0.25, -0.2) is 0 Å². The number of carbonyl (C=O) groups is 1. The molecule has 1 aromatic heterocycles. The minimum absolute atomic E-state index is 0.149. The van der Waals surface area contributed by atoms with Crippen molar-refractivity contribution < 1.29 is 14.6 Å². The lowest BCUT2D eigenvalue weighted by atomic mass is 10.1. The summed E-state index contributed by atoms with van der Waals surface area (Å²) in [5.74, 6) is 0.540. The molecule has 1 atom stereocenters. The molecule has 2 N–H and O–H groups in total. The van der Waals surface area contributed by atoms with Gasteiger partial charge >= 0.3 is 0 Å². The molecule has 0 radical (unpaired) electrons. The average molecular weight is 338 g/mol. The Hall–Kier alpha value is -2.79. The van der Waals surface area contributed by atoms with Gasteiger partial charge in [-0.3, -0.25) is 4.79 Å². The van der Waals surface area contributed by atoms with Gasteiger partial charge in [-0.15, -0.1) is 0 Å². The van der Waals surface area contributed by atoms with Crippen molar-refractivity contribution in [2.45, 2.75) is 19.6 Å². The second-order valence-corrected chi connectivity index (χ2v) is 5.83. The molecule has 5 heteroatoms. The topological polar surface area (TPSA) is 63.5 Å². The van der Waals surface area contributed by atoms with Gasteiger partial charge < -0.3 is 19.7 Å². The Balaban J connectivity index is 1.71. The Morgan fingerprint density at radius 2 is 1.92 bits per heavy atom. The Bertz CT molecular complexity index is 868. The number of ether oxygens (including phenoxy) is 1. The standard InChI is InChI=1S/C20H22N2O3/c1-3-22-17-7-5-4-6-15(17)12-18(22)20(24)21-13-19(23)14-8-10-16(25-2)11-9-14/h4-12,19,23H,3,13H2,1-2H3,(H,21,24)/t19-/m1/s1. The van der Waals surface area contributed by atoms with Crippen LogP contribution in [0.1, 0.15) is 29.1 Å². The SMILES string of the molecule is CCn1c(C(=O)NC[C@@H](O)c2ccc(OC)cc2)cc2ccccc21. The first-order valence-electron chi connectivity index (χ1n) is 8.32. The molecule has 0 aliphatic rings. The van der Waals surface area contributed by atoms with Gasteiger partial charge in [0, 0.05) is 24.0 Å². The largest absolute Gasteiger partial charge is 0.497 e. The van der Waals surface area contributed by atoms with Crippen molar-refractivity contribution in [3.8, 4) is 5.75 Å². The van der Waals surface area contributed by atoms with Crippen molar-refractivity contribution in [1.82, 2.24) is 9.88 Å². The van der Waals surface area contributed by atoms with E-state index in [1.165, 1.54) is 0 Å². The van der Waals surface area contributed by atoms with Crippen molar-refractivity contribution in [3.63, 3.8) is 0 Å². The highest BCUT2D eigenvalue weighted by molar-refractivity contribution is 5.98. The molecular weight excluding hydrogens is 316 g/mol. The summed E-state index contributed by atoms with van der Waals surface area (Å²) < 4.78 is 7.08. The maximum absolute atomic E-state index is 12.6. The molecule has 0 spiro atoms. The number of carbonyl (C=O) groups excluding carboxylic acids is 1. The lowest BCUT2D eigenvalue weighted by molar-refractivity contribution is 0.0907. The van der Waals surface area contributed by atoms with E-state index < -0.39 is 6.10 Å². The van der Waals surface area contributed by atoms with Crippen LogP contribution in [-0.2, 0) is 6.54 Å². The normalized spacial score (nSPS) is 12.1. The molecule has 2 aromatic carbocycles. The zero-order valence-electron chi connectivity index (χ0n) is 14.4.